The zero-order chi connectivity index (χ0) is 14.9. The van der Waals surface area contributed by atoms with Crippen LogP contribution in [0.5, 0.6) is 0 Å². The minimum Gasteiger partial charge on any atom is -0.481 e. The van der Waals surface area contributed by atoms with Crippen LogP contribution in [-0.4, -0.2) is 28.5 Å². The van der Waals surface area contributed by atoms with Crippen molar-refractivity contribution >= 4 is 34.6 Å². The van der Waals surface area contributed by atoms with Gasteiger partial charge in [0.05, 0.1) is 5.41 Å². The number of aliphatic carboxylic acids is 1. The van der Waals surface area contributed by atoms with E-state index >= 15 is 0 Å². The van der Waals surface area contributed by atoms with Gasteiger partial charge >= 0.3 is 5.97 Å². The lowest BCUT2D eigenvalue weighted by atomic mass is 9.69. The predicted molar refractivity (Wildman–Crippen MR) is 81.7 cm³/mol. The van der Waals surface area contributed by atoms with Crippen molar-refractivity contribution in [3.63, 3.8) is 0 Å². The molecule has 2 N–H and O–H groups in total. The monoisotopic (exact) mass is 322 g/mol. The molecule has 1 saturated carbocycles. The van der Waals surface area contributed by atoms with E-state index in [2.05, 4.69) is 10.3 Å². The van der Waals surface area contributed by atoms with Gasteiger partial charge in [-0.3, -0.25) is 9.59 Å². The average molecular weight is 322 g/mol. The van der Waals surface area contributed by atoms with E-state index in [1.54, 1.807) is 16.7 Å². The molecule has 3 rings (SSSR count). The first-order chi connectivity index (χ1) is 10.1. The van der Waals surface area contributed by atoms with Crippen molar-refractivity contribution in [3.05, 3.63) is 27.9 Å². The van der Waals surface area contributed by atoms with Gasteiger partial charge in [-0.25, -0.2) is 4.98 Å². The van der Waals surface area contributed by atoms with Crippen molar-refractivity contribution < 1.29 is 14.7 Å². The van der Waals surface area contributed by atoms with Gasteiger partial charge < -0.3 is 10.4 Å². The van der Waals surface area contributed by atoms with E-state index in [-0.39, 0.29) is 12.5 Å². The summed E-state index contributed by atoms with van der Waals surface area (Å²) in [5, 5.41) is 18.4. The molecule has 5 nitrogen and oxygen atoms in total. The predicted octanol–water partition coefficient (Wildman–Crippen LogP) is 2.86. The molecule has 0 radical (unpaired) electrons. The molecule has 1 aliphatic carbocycles. The summed E-state index contributed by atoms with van der Waals surface area (Å²) in [5.41, 5.74) is 0.577. The van der Waals surface area contributed by atoms with Crippen molar-refractivity contribution in [2.45, 2.75) is 19.3 Å². The van der Waals surface area contributed by atoms with Gasteiger partial charge in [-0.1, -0.05) is 6.42 Å². The standard InChI is InChI=1S/C14H14N2O3S2/c17-11(15-8-14(13(18)19)3-1-4-14)10-7-21-12(16-10)9-2-5-20-6-9/h2,5-7H,1,3-4,8H2,(H,15,17)(H,18,19). The quantitative estimate of drug-likeness (QED) is 0.887. The highest BCUT2D eigenvalue weighted by atomic mass is 32.1. The highest BCUT2D eigenvalue weighted by Crippen LogP contribution is 2.40. The minimum absolute atomic E-state index is 0.173. The van der Waals surface area contributed by atoms with Crippen LogP contribution in [0.4, 0.5) is 0 Å². The summed E-state index contributed by atoms with van der Waals surface area (Å²) in [6, 6.07) is 1.96. The second-order valence-corrected chi connectivity index (χ2v) is 6.81. The van der Waals surface area contributed by atoms with E-state index in [0.717, 1.165) is 17.0 Å². The second kappa shape index (κ2) is 5.57. The summed E-state index contributed by atoms with van der Waals surface area (Å²) >= 11 is 2.99. The zero-order valence-electron chi connectivity index (χ0n) is 11.2. The van der Waals surface area contributed by atoms with E-state index < -0.39 is 11.4 Å². The molecular formula is C14H14N2O3S2. The second-order valence-electron chi connectivity index (χ2n) is 5.17. The van der Waals surface area contributed by atoms with Crippen molar-refractivity contribution in [3.8, 4) is 10.6 Å². The van der Waals surface area contributed by atoms with E-state index in [1.165, 1.54) is 11.3 Å². The number of carbonyl (C=O) groups excluding carboxylic acids is 1. The number of hydrogen-bond acceptors (Lipinski definition) is 5. The molecule has 1 fully saturated rings. The van der Waals surface area contributed by atoms with Crippen LogP contribution in [0.3, 0.4) is 0 Å². The summed E-state index contributed by atoms with van der Waals surface area (Å²) < 4.78 is 0. The van der Waals surface area contributed by atoms with E-state index in [1.807, 2.05) is 16.8 Å². The molecule has 0 atom stereocenters. The summed E-state index contributed by atoms with van der Waals surface area (Å²) in [6.07, 6.45) is 2.15. The summed E-state index contributed by atoms with van der Waals surface area (Å²) in [7, 11) is 0. The summed E-state index contributed by atoms with van der Waals surface area (Å²) in [5.74, 6) is -1.13. The molecule has 0 aliphatic heterocycles. The largest absolute Gasteiger partial charge is 0.481 e. The highest BCUT2D eigenvalue weighted by Gasteiger charge is 2.44. The van der Waals surface area contributed by atoms with E-state index in [0.29, 0.717) is 18.5 Å². The van der Waals surface area contributed by atoms with Crippen molar-refractivity contribution in [1.82, 2.24) is 10.3 Å². The third-order valence-corrected chi connectivity index (χ3v) is 5.43. The van der Waals surface area contributed by atoms with Gasteiger partial charge in [0.15, 0.2) is 0 Å². The van der Waals surface area contributed by atoms with Gasteiger partial charge in [0.25, 0.3) is 5.91 Å². The topological polar surface area (TPSA) is 79.3 Å². The van der Waals surface area contributed by atoms with Crippen molar-refractivity contribution in [2.24, 2.45) is 5.41 Å². The number of amides is 1. The third-order valence-electron chi connectivity index (χ3n) is 3.86. The van der Waals surface area contributed by atoms with Crippen LogP contribution in [0.25, 0.3) is 10.6 Å². The smallest absolute Gasteiger partial charge is 0.311 e. The third kappa shape index (κ3) is 2.71. The Bertz CT molecular complexity index is 660. The molecular weight excluding hydrogens is 308 g/mol. The molecule has 2 aromatic rings. The molecule has 0 aromatic carbocycles. The Morgan fingerprint density at radius 3 is 2.76 bits per heavy atom. The first-order valence-electron chi connectivity index (χ1n) is 6.60. The van der Waals surface area contributed by atoms with Crippen LogP contribution in [0.1, 0.15) is 29.8 Å². The lowest BCUT2D eigenvalue weighted by Crippen LogP contribution is -2.47. The Morgan fingerprint density at radius 1 is 1.38 bits per heavy atom. The Balaban J connectivity index is 1.65. The fourth-order valence-electron chi connectivity index (χ4n) is 2.31. The number of nitrogens with one attached hydrogen (secondary N) is 1. The Morgan fingerprint density at radius 2 is 2.19 bits per heavy atom. The number of rotatable bonds is 5. The molecule has 2 heterocycles. The number of thiophene rings is 1. The fraction of sp³-hybridized carbons (Fsp3) is 0.357. The molecule has 0 spiro atoms. The van der Waals surface area contributed by atoms with Crippen LogP contribution in [0, 0.1) is 5.41 Å². The molecule has 7 heteroatoms. The molecule has 0 bridgehead atoms. The van der Waals surface area contributed by atoms with Crippen LogP contribution >= 0.6 is 22.7 Å². The molecule has 1 amide bonds. The minimum atomic E-state index is -0.828. The number of carboxylic acid groups (broad SMARTS) is 1. The van der Waals surface area contributed by atoms with Gasteiger partial charge in [0.2, 0.25) is 0 Å². The average Bonchev–Trinajstić information content (AvgIpc) is 3.07. The summed E-state index contributed by atoms with van der Waals surface area (Å²) in [4.78, 5) is 27.6. The van der Waals surface area contributed by atoms with E-state index in [9.17, 15) is 14.7 Å². The van der Waals surface area contributed by atoms with Gasteiger partial charge in [-0.2, -0.15) is 11.3 Å². The Labute approximate surface area is 129 Å². The molecule has 1 aliphatic rings. The van der Waals surface area contributed by atoms with Crippen LogP contribution < -0.4 is 5.32 Å². The molecule has 110 valence electrons. The number of nitrogens with zero attached hydrogens (tertiary/aromatic N) is 1. The zero-order valence-corrected chi connectivity index (χ0v) is 12.8. The van der Waals surface area contributed by atoms with Crippen molar-refractivity contribution in [1.29, 1.82) is 0 Å². The van der Waals surface area contributed by atoms with Gasteiger partial charge in [0.1, 0.15) is 10.7 Å². The van der Waals surface area contributed by atoms with E-state index in [4.69, 9.17) is 0 Å². The maximum absolute atomic E-state index is 12.1. The molecule has 21 heavy (non-hydrogen) atoms. The van der Waals surface area contributed by atoms with Crippen LogP contribution in [0.15, 0.2) is 22.2 Å². The molecule has 2 aromatic heterocycles. The van der Waals surface area contributed by atoms with Crippen molar-refractivity contribution in [2.75, 3.05) is 6.54 Å². The lowest BCUT2D eigenvalue weighted by molar-refractivity contribution is -0.153. The van der Waals surface area contributed by atoms with Crippen LogP contribution in [0.2, 0.25) is 0 Å². The first-order valence-corrected chi connectivity index (χ1v) is 8.43. The Hall–Kier alpha value is -1.73. The SMILES string of the molecule is O=C(NCC1(C(=O)O)CCC1)c1csc(-c2ccsc2)n1. The van der Waals surface area contributed by atoms with Gasteiger partial charge in [-0.05, 0) is 24.3 Å². The maximum atomic E-state index is 12.1. The summed E-state index contributed by atoms with van der Waals surface area (Å²) in [6.45, 7) is 0.173. The van der Waals surface area contributed by atoms with Gasteiger partial charge in [0, 0.05) is 22.9 Å². The fourth-order valence-corrected chi connectivity index (χ4v) is 3.82. The highest BCUT2D eigenvalue weighted by molar-refractivity contribution is 7.14. The number of thiazole rings is 1. The Kier molecular flexibility index (Phi) is 3.77. The first kappa shape index (κ1) is 14.2. The number of carboxylic acids is 1. The number of aromatic nitrogens is 1. The number of hydrogen-bond donors (Lipinski definition) is 2. The molecule has 0 saturated heterocycles. The maximum Gasteiger partial charge on any atom is 0.311 e. The lowest BCUT2D eigenvalue weighted by Gasteiger charge is -2.37. The van der Waals surface area contributed by atoms with Crippen LogP contribution in [-0.2, 0) is 4.79 Å². The van der Waals surface area contributed by atoms with Gasteiger partial charge in [-0.15, -0.1) is 11.3 Å². The number of carbonyl (C=O) groups is 2. The normalized spacial score (nSPS) is 16.2. The molecule has 0 unspecified atom stereocenters.